The van der Waals surface area contributed by atoms with Gasteiger partial charge in [-0.3, -0.25) is 9.48 Å². The van der Waals surface area contributed by atoms with E-state index in [0.29, 0.717) is 33.5 Å². The molecule has 44 heavy (non-hydrogen) atoms. The summed E-state index contributed by atoms with van der Waals surface area (Å²) in [4.78, 5) is 17.7. The Morgan fingerprint density at radius 1 is 1.09 bits per heavy atom. The Kier molecular flexibility index (Phi) is 7.37. The number of rotatable bonds is 9. The van der Waals surface area contributed by atoms with Crippen molar-refractivity contribution in [1.29, 1.82) is 0 Å². The second-order valence-corrected chi connectivity index (χ2v) is 10.1. The zero-order chi connectivity index (χ0) is 31.1. The van der Waals surface area contributed by atoms with E-state index in [4.69, 9.17) is 15.2 Å². The third-order valence-electron chi connectivity index (χ3n) is 7.09. The molecule has 1 aliphatic rings. The zero-order valence-electron chi connectivity index (χ0n) is 23.4. The number of anilines is 1. The van der Waals surface area contributed by atoms with Crippen molar-refractivity contribution in [3.63, 3.8) is 0 Å². The van der Waals surface area contributed by atoms with Crippen LogP contribution in [0.4, 0.5) is 23.4 Å². The van der Waals surface area contributed by atoms with Crippen LogP contribution in [-0.2, 0) is 13.5 Å². The molecule has 1 aliphatic carbocycles. The highest BCUT2D eigenvalue weighted by Gasteiger charge is 2.26. The predicted octanol–water partition coefficient (Wildman–Crippen LogP) is 6.10. The summed E-state index contributed by atoms with van der Waals surface area (Å²) in [5.41, 5.74) is 10.7. The standard InChI is InChI=1S/C31H24F4N6O3/c1-16-6-28(44-30-23(32)4-3-5-24(30)33)37-13-25(16)41-31(36)22(12-39-41)29(42)19-7-17-9-21(20-11-38-40(2)14-20)26(10-18(17)8-19)43-15-27(34)35/h3-6,8-14,27H,7,15,36H2,1-2H3. The van der Waals surface area contributed by atoms with Crippen molar-refractivity contribution >= 4 is 17.7 Å². The molecular weight excluding hydrogens is 580 g/mol. The maximum Gasteiger partial charge on any atom is 0.272 e. The van der Waals surface area contributed by atoms with Gasteiger partial charge in [0.15, 0.2) is 17.4 Å². The van der Waals surface area contributed by atoms with Crippen LogP contribution >= 0.6 is 0 Å². The number of hydrogen-bond donors (Lipinski definition) is 1. The van der Waals surface area contributed by atoms with E-state index in [-0.39, 0.29) is 35.2 Å². The van der Waals surface area contributed by atoms with Crippen LogP contribution in [0, 0.1) is 18.6 Å². The Morgan fingerprint density at radius 3 is 2.55 bits per heavy atom. The number of carbonyl (C=O) groups excluding carboxylic acids is 1. The van der Waals surface area contributed by atoms with Crippen LogP contribution in [-0.4, -0.2) is 43.4 Å². The van der Waals surface area contributed by atoms with Crippen molar-refractivity contribution in [2.45, 2.75) is 19.8 Å². The van der Waals surface area contributed by atoms with Crippen LogP contribution in [0.25, 0.3) is 22.9 Å². The van der Waals surface area contributed by atoms with Gasteiger partial charge >= 0.3 is 0 Å². The number of Topliss-reactive ketones (excluding diaryl/α,β-unsaturated/α-hetero) is 1. The molecule has 2 aromatic carbocycles. The van der Waals surface area contributed by atoms with Crippen molar-refractivity contribution in [2.75, 3.05) is 12.3 Å². The maximum absolute atomic E-state index is 14.0. The number of fused-ring (bicyclic) bond motifs is 1. The van der Waals surface area contributed by atoms with Gasteiger partial charge < -0.3 is 15.2 Å². The molecule has 0 saturated carbocycles. The number of alkyl halides is 2. The molecule has 2 N–H and O–H groups in total. The molecule has 3 heterocycles. The summed E-state index contributed by atoms with van der Waals surface area (Å²) in [5.74, 6) is -2.42. The number of ether oxygens (including phenoxy) is 2. The van der Waals surface area contributed by atoms with Crippen LogP contribution in [0.15, 0.2) is 66.8 Å². The minimum absolute atomic E-state index is 0.0475. The van der Waals surface area contributed by atoms with Gasteiger partial charge in [-0.15, -0.1) is 0 Å². The first-order valence-corrected chi connectivity index (χ1v) is 13.3. The molecule has 9 nitrogen and oxygen atoms in total. The lowest BCUT2D eigenvalue weighted by Crippen LogP contribution is -2.09. The molecule has 5 aromatic rings. The fraction of sp³-hybridized carbons (Fsp3) is 0.161. The summed E-state index contributed by atoms with van der Waals surface area (Å²) in [7, 11) is 1.74. The Hall–Kier alpha value is -5.46. The molecule has 0 unspecified atom stereocenters. The number of para-hydroxylation sites is 1. The highest BCUT2D eigenvalue weighted by molar-refractivity contribution is 6.15. The lowest BCUT2D eigenvalue weighted by molar-refractivity contribution is 0.0822. The number of nitrogens with zero attached hydrogens (tertiary/aromatic N) is 5. The number of halogens is 4. The Bertz CT molecular complexity index is 1930. The quantitative estimate of drug-likeness (QED) is 0.160. The van der Waals surface area contributed by atoms with Gasteiger partial charge in [-0.1, -0.05) is 6.07 Å². The number of nitrogen functional groups attached to an aromatic ring is 1. The molecule has 3 aromatic heterocycles. The zero-order valence-corrected chi connectivity index (χ0v) is 23.4. The molecule has 0 spiro atoms. The highest BCUT2D eigenvalue weighted by atomic mass is 19.3. The largest absolute Gasteiger partial charge is 0.487 e. The van der Waals surface area contributed by atoms with E-state index in [1.807, 2.05) is 6.07 Å². The second-order valence-electron chi connectivity index (χ2n) is 10.1. The number of aryl methyl sites for hydroxylation is 2. The number of benzene rings is 2. The fourth-order valence-electron chi connectivity index (χ4n) is 4.96. The summed E-state index contributed by atoms with van der Waals surface area (Å²) in [6.45, 7) is 0.923. The molecule has 0 bridgehead atoms. The third-order valence-corrected chi connectivity index (χ3v) is 7.09. The van der Waals surface area contributed by atoms with Crippen molar-refractivity contribution in [3.05, 3.63) is 101 Å². The number of aromatic nitrogens is 5. The van der Waals surface area contributed by atoms with Gasteiger partial charge in [-0.05, 0) is 54.0 Å². The van der Waals surface area contributed by atoms with Crippen molar-refractivity contribution in [2.24, 2.45) is 7.05 Å². The first kappa shape index (κ1) is 28.6. The lowest BCUT2D eigenvalue weighted by atomic mass is 9.99. The molecule has 0 aliphatic heterocycles. The SMILES string of the molecule is Cc1cc(Oc2c(F)cccc2F)ncc1-n1ncc(C(=O)C2=Cc3cc(OCC(F)F)c(-c4cnn(C)c4)cc3C2)c1N. The third kappa shape index (κ3) is 5.39. The van der Waals surface area contributed by atoms with Gasteiger partial charge in [0.25, 0.3) is 6.43 Å². The van der Waals surface area contributed by atoms with Crippen LogP contribution in [0.2, 0.25) is 0 Å². The summed E-state index contributed by atoms with van der Waals surface area (Å²) >= 11 is 0. The number of nitrogens with two attached hydrogens (primary N) is 1. The molecular formula is C31H24F4N6O3. The molecule has 0 fully saturated rings. The minimum Gasteiger partial charge on any atom is -0.487 e. The average Bonchev–Trinajstić information content (AvgIpc) is 3.71. The molecule has 0 atom stereocenters. The number of hydrogen-bond acceptors (Lipinski definition) is 7. The van der Waals surface area contributed by atoms with Gasteiger partial charge in [-0.25, -0.2) is 27.2 Å². The highest BCUT2D eigenvalue weighted by Crippen LogP contribution is 2.38. The van der Waals surface area contributed by atoms with Gasteiger partial charge in [0.1, 0.15) is 18.2 Å². The van der Waals surface area contributed by atoms with Gasteiger partial charge in [0, 0.05) is 42.4 Å². The monoisotopic (exact) mass is 604 g/mol. The van der Waals surface area contributed by atoms with Crippen molar-refractivity contribution in [3.8, 4) is 34.2 Å². The predicted molar refractivity (Wildman–Crippen MR) is 153 cm³/mol. The van der Waals surface area contributed by atoms with E-state index in [1.165, 1.54) is 29.2 Å². The molecule has 6 rings (SSSR count). The first-order chi connectivity index (χ1) is 21.1. The number of ketones is 1. The van der Waals surface area contributed by atoms with E-state index < -0.39 is 30.4 Å². The average molecular weight is 605 g/mol. The topological polar surface area (TPSA) is 110 Å². The molecule has 224 valence electrons. The Balaban J connectivity index is 1.25. The number of allylic oxidation sites excluding steroid dienone is 1. The van der Waals surface area contributed by atoms with Crippen molar-refractivity contribution < 1.29 is 31.8 Å². The Labute approximate surface area is 248 Å². The number of pyridine rings is 1. The van der Waals surface area contributed by atoms with Gasteiger partial charge in [0.2, 0.25) is 11.6 Å². The van der Waals surface area contributed by atoms with Crippen LogP contribution in [0.3, 0.4) is 0 Å². The second kappa shape index (κ2) is 11.3. The summed E-state index contributed by atoms with van der Waals surface area (Å²) in [5, 5.41) is 8.44. The number of carbonyl (C=O) groups is 1. The van der Waals surface area contributed by atoms with E-state index in [2.05, 4.69) is 15.2 Å². The molecule has 13 heteroatoms. The fourth-order valence-corrected chi connectivity index (χ4v) is 4.96. The van der Waals surface area contributed by atoms with E-state index >= 15 is 0 Å². The normalized spacial score (nSPS) is 12.4. The first-order valence-electron chi connectivity index (χ1n) is 13.3. The van der Waals surface area contributed by atoms with Crippen LogP contribution in [0.5, 0.6) is 17.4 Å². The van der Waals surface area contributed by atoms with E-state index in [0.717, 1.165) is 17.7 Å². The van der Waals surface area contributed by atoms with Crippen LogP contribution in [0.1, 0.15) is 27.0 Å². The lowest BCUT2D eigenvalue weighted by Gasteiger charge is -2.13. The Morgan fingerprint density at radius 2 is 1.86 bits per heavy atom. The summed E-state index contributed by atoms with van der Waals surface area (Å²) < 4.78 is 67.6. The molecule has 0 saturated heterocycles. The van der Waals surface area contributed by atoms with Crippen molar-refractivity contribution in [1.82, 2.24) is 24.5 Å². The molecule has 0 radical (unpaired) electrons. The van der Waals surface area contributed by atoms with E-state index in [9.17, 15) is 22.4 Å². The summed E-state index contributed by atoms with van der Waals surface area (Å²) in [6, 6.07) is 8.28. The van der Waals surface area contributed by atoms with Gasteiger partial charge in [-0.2, -0.15) is 10.2 Å². The maximum atomic E-state index is 14.0. The minimum atomic E-state index is -2.66. The molecule has 0 amide bonds. The summed E-state index contributed by atoms with van der Waals surface area (Å²) in [6.07, 6.45) is 5.36. The van der Waals surface area contributed by atoms with Gasteiger partial charge in [0.05, 0.1) is 29.8 Å². The smallest absolute Gasteiger partial charge is 0.272 e. The van der Waals surface area contributed by atoms with E-state index in [1.54, 1.807) is 43.2 Å². The van der Waals surface area contributed by atoms with Crippen LogP contribution < -0.4 is 15.2 Å².